The number of nitrogens with one attached hydrogen (secondary N) is 2. The van der Waals surface area contributed by atoms with Crippen LogP contribution in [0.25, 0.3) is 0 Å². The number of benzene rings is 1. The molecule has 0 radical (unpaired) electrons. The van der Waals surface area contributed by atoms with E-state index in [4.69, 9.17) is 5.11 Å². The molecule has 0 aliphatic carbocycles. The molecule has 104 valence electrons. The lowest BCUT2D eigenvalue weighted by molar-refractivity contribution is 0.0698. The average Bonchev–Trinajstić information content (AvgIpc) is 2.27. The molecule has 2 amide bonds. The minimum Gasteiger partial charge on any atom is -0.478 e. The zero-order valence-corrected chi connectivity index (χ0v) is 11.0. The number of halogens is 1. The number of carbonyl (C=O) groups excluding carboxylic acids is 1. The van der Waals surface area contributed by atoms with Crippen molar-refractivity contribution in [3.05, 3.63) is 29.6 Å². The third-order valence-corrected chi connectivity index (χ3v) is 2.82. The summed E-state index contributed by atoms with van der Waals surface area (Å²) in [6, 6.07) is 2.47. The largest absolute Gasteiger partial charge is 0.478 e. The lowest BCUT2D eigenvalue weighted by Crippen LogP contribution is -2.39. The smallest absolute Gasteiger partial charge is 0.337 e. The van der Waals surface area contributed by atoms with Gasteiger partial charge in [0.25, 0.3) is 0 Å². The Balaban J connectivity index is 2.84. The van der Waals surface area contributed by atoms with E-state index in [1.165, 1.54) is 0 Å². The molecule has 0 saturated heterocycles. The fourth-order valence-corrected chi connectivity index (χ4v) is 1.34. The number of hydrogen-bond donors (Lipinski definition) is 3. The number of urea groups is 1. The van der Waals surface area contributed by atoms with Crippen molar-refractivity contribution in [1.29, 1.82) is 0 Å². The Bertz CT molecular complexity index is 489. The van der Waals surface area contributed by atoms with Gasteiger partial charge in [0.15, 0.2) is 0 Å². The Morgan fingerprint density at radius 2 is 1.89 bits per heavy atom. The first-order valence-corrected chi connectivity index (χ1v) is 5.91. The maximum Gasteiger partial charge on any atom is 0.337 e. The molecule has 0 aromatic heterocycles. The van der Waals surface area contributed by atoms with Crippen LogP contribution in [0.4, 0.5) is 14.9 Å². The summed E-state index contributed by atoms with van der Waals surface area (Å²) in [5, 5.41) is 13.9. The number of rotatable bonds is 4. The number of hydrogen-bond acceptors (Lipinski definition) is 2. The molecule has 1 unspecified atom stereocenters. The summed E-state index contributed by atoms with van der Waals surface area (Å²) < 4.78 is 13.1. The maximum atomic E-state index is 13.1. The van der Waals surface area contributed by atoms with Crippen LogP contribution in [0, 0.1) is 11.7 Å². The van der Waals surface area contributed by atoms with Crippen molar-refractivity contribution < 1.29 is 19.1 Å². The number of carboxylic acids is 1. The van der Waals surface area contributed by atoms with E-state index in [0.29, 0.717) is 0 Å². The van der Waals surface area contributed by atoms with Gasteiger partial charge in [0.1, 0.15) is 5.82 Å². The number of amides is 2. The third-order valence-electron chi connectivity index (χ3n) is 2.82. The van der Waals surface area contributed by atoms with Gasteiger partial charge in [-0.3, -0.25) is 0 Å². The lowest BCUT2D eigenvalue weighted by Gasteiger charge is -2.18. The molecule has 3 N–H and O–H groups in total. The van der Waals surface area contributed by atoms with Gasteiger partial charge in [-0.15, -0.1) is 0 Å². The van der Waals surface area contributed by atoms with Gasteiger partial charge in [-0.1, -0.05) is 13.8 Å². The maximum absolute atomic E-state index is 13.1. The van der Waals surface area contributed by atoms with Gasteiger partial charge in [0, 0.05) is 6.04 Å². The van der Waals surface area contributed by atoms with Crippen LogP contribution in [0.1, 0.15) is 31.1 Å². The number of carbonyl (C=O) groups is 2. The molecule has 1 aromatic carbocycles. The van der Waals surface area contributed by atoms with Crippen molar-refractivity contribution >= 4 is 17.7 Å². The van der Waals surface area contributed by atoms with Crippen LogP contribution in [0.5, 0.6) is 0 Å². The summed E-state index contributed by atoms with van der Waals surface area (Å²) in [5.74, 6) is -1.61. The van der Waals surface area contributed by atoms with Crippen molar-refractivity contribution in [3.63, 3.8) is 0 Å². The molecule has 1 aromatic rings. The Morgan fingerprint density at radius 1 is 1.26 bits per heavy atom. The topological polar surface area (TPSA) is 78.4 Å². The second kappa shape index (κ2) is 6.17. The molecule has 1 rings (SSSR count). The zero-order chi connectivity index (χ0) is 14.6. The minimum absolute atomic E-state index is 0.0686. The monoisotopic (exact) mass is 268 g/mol. The van der Waals surface area contributed by atoms with Crippen molar-refractivity contribution in [3.8, 4) is 0 Å². The van der Waals surface area contributed by atoms with Gasteiger partial charge in [-0.2, -0.15) is 0 Å². The first-order chi connectivity index (χ1) is 8.81. The number of anilines is 1. The molecule has 19 heavy (non-hydrogen) atoms. The fourth-order valence-electron chi connectivity index (χ4n) is 1.34. The molecule has 0 aliphatic rings. The van der Waals surface area contributed by atoms with Crippen LogP contribution in [0.2, 0.25) is 0 Å². The van der Waals surface area contributed by atoms with E-state index in [1.807, 2.05) is 20.8 Å². The summed E-state index contributed by atoms with van der Waals surface area (Å²) in [6.45, 7) is 5.71. The van der Waals surface area contributed by atoms with Gasteiger partial charge in [-0.25, -0.2) is 14.0 Å². The van der Waals surface area contributed by atoms with Crippen LogP contribution < -0.4 is 10.6 Å². The normalized spacial score (nSPS) is 12.1. The van der Waals surface area contributed by atoms with E-state index in [9.17, 15) is 14.0 Å². The third kappa shape index (κ3) is 4.24. The number of aromatic carboxylic acids is 1. The Labute approximate surface area is 110 Å². The zero-order valence-electron chi connectivity index (χ0n) is 11.0. The van der Waals surface area contributed by atoms with Crippen molar-refractivity contribution in [2.75, 3.05) is 5.32 Å². The SMILES string of the molecule is CC(C)C(C)NC(=O)Nc1cc(F)ccc1C(=O)O. The van der Waals surface area contributed by atoms with E-state index in [-0.39, 0.29) is 23.2 Å². The highest BCUT2D eigenvalue weighted by Gasteiger charge is 2.15. The average molecular weight is 268 g/mol. The van der Waals surface area contributed by atoms with Crippen LogP contribution in [-0.2, 0) is 0 Å². The molecule has 0 aliphatic heterocycles. The van der Waals surface area contributed by atoms with Gasteiger partial charge < -0.3 is 15.7 Å². The minimum atomic E-state index is -1.23. The molecule has 0 heterocycles. The Kier molecular flexibility index (Phi) is 4.86. The van der Waals surface area contributed by atoms with Crippen molar-refractivity contribution in [1.82, 2.24) is 5.32 Å². The summed E-state index contributed by atoms with van der Waals surface area (Å²) in [4.78, 5) is 22.6. The van der Waals surface area contributed by atoms with Crippen molar-refractivity contribution in [2.45, 2.75) is 26.8 Å². The molecule has 0 fully saturated rings. The summed E-state index contributed by atoms with van der Waals surface area (Å²) >= 11 is 0. The second-order valence-corrected chi connectivity index (χ2v) is 4.63. The quantitative estimate of drug-likeness (QED) is 0.785. The van der Waals surface area contributed by atoms with Crippen LogP contribution in [0.15, 0.2) is 18.2 Å². The first-order valence-electron chi connectivity index (χ1n) is 5.91. The summed E-state index contributed by atoms with van der Waals surface area (Å²) in [7, 11) is 0. The highest BCUT2D eigenvalue weighted by molar-refractivity contribution is 6.00. The van der Waals surface area contributed by atoms with Crippen LogP contribution in [0.3, 0.4) is 0 Å². The van der Waals surface area contributed by atoms with Gasteiger partial charge in [0.2, 0.25) is 0 Å². The molecule has 0 saturated carbocycles. The van der Waals surface area contributed by atoms with E-state index in [2.05, 4.69) is 10.6 Å². The van der Waals surface area contributed by atoms with E-state index >= 15 is 0 Å². The van der Waals surface area contributed by atoms with E-state index < -0.39 is 17.8 Å². The standard InChI is InChI=1S/C13H17FN2O3/c1-7(2)8(3)15-13(19)16-11-6-9(14)4-5-10(11)12(17)18/h4-8H,1-3H3,(H,17,18)(H2,15,16,19). The van der Waals surface area contributed by atoms with Crippen LogP contribution >= 0.6 is 0 Å². The second-order valence-electron chi connectivity index (χ2n) is 4.63. The van der Waals surface area contributed by atoms with Gasteiger partial charge in [-0.05, 0) is 31.0 Å². The Hall–Kier alpha value is -2.11. The molecule has 6 heteroatoms. The van der Waals surface area contributed by atoms with E-state index in [1.54, 1.807) is 0 Å². The highest BCUT2D eigenvalue weighted by atomic mass is 19.1. The van der Waals surface area contributed by atoms with Gasteiger partial charge in [0.05, 0.1) is 11.3 Å². The fraction of sp³-hybridized carbons (Fsp3) is 0.385. The molecular weight excluding hydrogens is 251 g/mol. The first kappa shape index (κ1) is 14.9. The number of carboxylic acid groups (broad SMARTS) is 1. The Morgan fingerprint density at radius 3 is 2.42 bits per heavy atom. The predicted molar refractivity (Wildman–Crippen MR) is 69.8 cm³/mol. The summed E-state index contributed by atoms with van der Waals surface area (Å²) in [6.07, 6.45) is 0. The predicted octanol–water partition coefficient (Wildman–Crippen LogP) is 2.69. The summed E-state index contributed by atoms with van der Waals surface area (Å²) in [5.41, 5.74) is -0.227. The lowest BCUT2D eigenvalue weighted by atomic mass is 10.1. The molecule has 0 spiro atoms. The van der Waals surface area contributed by atoms with Crippen molar-refractivity contribution in [2.24, 2.45) is 5.92 Å². The van der Waals surface area contributed by atoms with Crippen LogP contribution in [-0.4, -0.2) is 23.1 Å². The molecule has 0 bridgehead atoms. The van der Waals surface area contributed by atoms with Gasteiger partial charge >= 0.3 is 12.0 Å². The molecule has 1 atom stereocenters. The van der Waals surface area contributed by atoms with E-state index in [0.717, 1.165) is 18.2 Å². The molecular formula is C13H17FN2O3. The molecule has 5 nitrogen and oxygen atoms in total. The highest BCUT2D eigenvalue weighted by Crippen LogP contribution is 2.17.